The Labute approximate surface area is 112 Å². The number of hydrogen-bond donors (Lipinski definition) is 2. The third-order valence-corrected chi connectivity index (χ3v) is 5.47. The summed E-state index contributed by atoms with van der Waals surface area (Å²) in [4.78, 5) is 1.01. The number of methoxy groups -OCH3 is 1. The first-order valence-electron chi connectivity index (χ1n) is 5.60. The van der Waals surface area contributed by atoms with Crippen molar-refractivity contribution in [2.75, 3.05) is 20.3 Å². The molecule has 7 heteroatoms. The lowest BCUT2D eigenvalue weighted by molar-refractivity contribution is -0.0119. The number of nitrogens with one attached hydrogen (secondary N) is 1. The Hall–Kier alpha value is -0.470. The Morgan fingerprint density at radius 2 is 2.17 bits per heavy atom. The van der Waals surface area contributed by atoms with Gasteiger partial charge in [0.2, 0.25) is 10.0 Å². The van der Waals surface area contributed by atoms with Gasteiger partial charge < -0.3 is 9.84 Å². The average Bonchev–Trinajstić information content (AvgIpc) is 2.76. The molecule has 2 N–H and O–H groups in total. The third kappa shape index (κ3) is 4.33. The third-order valence-electron chi connectivity index (χ3n) is 2.35. The molecule has 1 aromatic rings. The van der Waals surface area contributed by atoms with E-state index in [1.807, 2.05) is 6.92 Å². The van der Waals surface area contributed by atoms with Crippen LogP contribution in [0.4, 0.5) is 0 Å². The summed E-state index contributed by atoms with van der Waals surface area (Å²) in [5.41, 5.74) is -1.22. The van der Waals surface area contributed by atoms with Crippen molar-refractivity contribution in [3.63, 3.8) is 0 Å². The molecule has 0 saturated carbocycles. The van der Waals surface area contributed by atoms with Crippen LogP contribution in [0.5, 0.6) is 0 Å². The quantitative estimate of drug-likeness (QED) is 0.786. The van der Waals surface area contributed by atoms with Gasteiger partial charge in [-0.1, -0.05) is 6.92 Å². The zero-order valence-electron chi connectivity index (χ0n) is 10.8. The van der Waals surface area contributed by atoms with Crippen LogP contribution in [0.15, 0.2) is 16.3 Å². The van der Waals surface area contributed by atoms with Crippen molar-refractivity contribution in [2.45, 2.75) is 30.1 Å². The highest BCUT2D eigenvalue weighted by Crippen LogP contribution is 2.21. The van der Waals surface area contributed by atoms with E-state index < -0.39 is 15.6 Å². The fourth-order valence-corrected chi connectivity index (χ4v) is 3.88. The zero-order chi connectivity index (χ0) is 13.8. The van der Waals surface area contributed by atoms with Crippen LogP contribution in [0.3, 0.4) is 0 Å². The summed E-state index contributed by atoms with van der Waals surface area (Å²) in [6.07, 6.45) is 0.807. The van der Waals surface area contributed by atoms with Gasteiger partial charge in [-0.2, -0.15) is 0 Å². The summed E-state index contributed by atoms with van der Waals surface area (Å²) in [6, 6.07) is 3.38. The maximum Gasteiger partial charge on any atom is 0.250 e. The Kier molecular flexibility index (Phi) is 5.30. The summed E-state index contributed by atoms with van der Waals surface area (Å²) in [7, 11) is -2.09. The highest BCUT2D eigenvalue weighted by molar-refractivity contribution is 7.91. The molecular formula is C11H19NO4S2. The molecule has 5 nitrogen and oxygen atoms in total. The lowest BCUT2D eigenvalue weighted by atomic mass is 10.1. The minimum atomic E-state index is -3.55. The normalized spacial score (nSPS) is 15.6. The van der Waals surface area contributed by atoms with Crippen LogP contribution < -0.4 is 4.72 Å². The number of ether oxygens (including phenoxy) is 1. The van der Waals surface area contributed by atoms with E-state index in [9.17, 15) is 13.5 Å². The summed E-state index contributed by atoms with van der Waals surface area (Å²) in [5, 5.41) is 9.83. The molecule has 0 aliphatic carbocycles. The first-order chi connectivity index (χ1) is 8.30. The second kappa shape index (κ2) is 6.12. The molecular weight excluding hydrogens is 274 g/mol. The highest BCUT2D eigenvalue weighted by Gasteiger charge is 2.24. The van der Waals surface area contributed by atoms with Gasteiger partial charge in [0.25, 0.3) is 0 Å². The molecule has 0 amide bonds. The van der Waals surface area contributed by atoms with Crippen LogP contribution in [0, 0.1) is 0 Å². The molecule has 1 aromatic heterocycles. The molecule has 18 heavy (non-hydrogen) atoms. The topological polar surface area (TPSA) is 75.6 Å². The molecule has 0 spiro atoms. The van der Waals surface area contributed by atoms with Gasteiger partial charge in [-0.15, -0.1) is 11.3 Å². The van der Waals surface area contributed by atoms with Crippen LogP contribution >= 0.6 is 11.3 Å². The zero-order valence-corrected chi connectivity index (χ0v) is 12.4. The van der Waals surface area contributed by atoms with Gasteiger partial charge in [0.15, 0.2) is 0 Å². The minimum absolute atomic E-state index is 0.0696. The first kappa shape index (κ1) is 15.6. The fraction of sp³-hybridized carbons (Fsp3) is 0.636. The summed E-state index contributed by atoms with van der Waals surface area (Å²) in [5.74, 6) is 0. The van der Waals surface area contributed by atoms with Crippen LogP contribution in [-0.2, 0) is 21.2 Å². The standard InChI is InChI=1S/C11H19NO4S2/c1-4-9-5-6-10(17-9)18(14,15)12-7-11(2,13)8-16-3/h5-6,12-13H,4,7-8H2,1-3H3/t11-/m0/s1. The van der Waals surface area contributed by atoms with E-state index in [1.54, 1.807) is 12.1 Å². The summed E-state index contributed by atoms with van der Waals surface area (Å²) >= 11 is 1.24. The van der Waals surface area contributed by atoms with Crippen molar-refractivity contribution in [1.82, 2.24) is 4.72 Å². The molecule has 104 valence electrons. The number of thiophene rings is 1. The van der Waals surface area contributed by atoms with E-state index >= 15 is 0 Å². The molecule has 0 aliphatic rings. The number of hydrogen-bond acceptors (Lipinski definition) is 5. The molecule has 0 aromatic carbocycles. The van der Waals surface area contributed by atoms with E-state index in [1.165, 1.54) is 25.4 Å². The van der Waals surface area contributed by atoms with Gasteiger partial charge >= 0.3 is 0 Å². The maximum absolute atomic E-state index is 12.0. The predicted molar refractivity (Wildman–Crippen MR) is 71.4 cm³/mol. The highest BCUT2D eigenvalue weighted by atomic mass is 32.2. The lowest BCUT2D eigenvalue weighted by Gasteiger charge is -2.22. The summed E-state index contributed by atoms with van der Waals surface area (Å²) in [6.45, 7) is 3.48. The van der Waals surface area contributed by atoms with E-state index in [0.29, 0.717) is 0 Å². The first-order valence-corrected chi connectivity index (χ1v) is 7.90. The Bertz CT molecular complexity index is 479. The Morgan fingerprint density at radius 1 is 1.50 bits per heavy atom. The second-order valence-electron chi connectivity index (χ2n) is 4.33. The summed E-state index contributed by atoms with van der Waals surface area (Å²) < 4.78 is 31.4. The SMILES string of the molecule is CCc1ccc(S(=O)(=O)NC[C@](C)(O)COC)s1. The molecule has 1 heterocycles. The molecule has 0 fully saturated rings. The molecule has 1 rings (SSSR count). The fourth-order valence-electron chi connectivity index (χ4n) is 1.38. The predicted octanol–water partition coefficient (Wildman–Crippen LogP) is 0.986. The average molecular weight is 293 g/mol. The minimum Gasteiger partial charge on any atom is -0.386 e. The monoisotopic (exact) mass is 293 g/mol. The van der Waals surface area contributed by atoms with E-state index in [0.717, 1.165) is 11.3 Å². The number of aryl methyl sites for hydroxylation is 1. The van der Waals surface area contributed by atoms with Crippen LogP contribution in [0.1, 0.15) is 18.7 Å². The van der Waals surface area contributed by atoms with Gasteiger partial charge in [0, 0.05) is 18.5 Å². The van der Waals surface area contributed by atoms with E-state index in [-0.39, 0.29) is 17.4 Å². The molecule has 1 atom stereocenters. The van der Waals surface area contributed by atoms with Crippen molar-refractivity contribution in [3.8, 4) is 0 Å². The van der Waals surface area contributed by atoms with Gasteiger partial charge in [0.05, 0.1) is 12.2 Å². The second-order valence-corrected chi connectivity index (χ2v) is 7.49. The van der Waals surface area contributed by atoms with E-state index in [2.05, 4.69) is 4.72 Å². The van der Waals surface area contributed by atoms with Crippen molar-refractivity contribution in [2.24, 2.45) is 0 Å². The number of rotatable bonds is 7. The smallest absolute Gasteiger partial charge is 0.250 e. The largest absolute Gasteiger partial charge is 0.386 e. The van der Waals surface area contributed by atoms with Crippen molar-refractivity contribution >= 4 is 21.4 Å². The molecule has 0 radical (unpaired) electrons. The van der Waals surface area contributed by atoms with Gasteiger partial charge in [-0.25, -0.2) is 13.1 Å². The maximum atomic E-state index is 12.0. The molecule has 0 aliphatic heterocycles. The number of sulfonamides is 1. The Morgan fingerprint density at radius 3 is 2.67 bits per heavy atom. The van der Waals surface area contributed by atoms with Crippen LogP contribution in [0.25, 0.3) is 0 Å². The van der Waals surface area contributed by atoms with Crippen LogP contribution in [0.2, 0.25) is 0 Å². The van der Waals surface area contributed by atoms with Crippen molar-refractivity contribution in [1.29, 1.82) is 0 Å². The lowest BCUT2D eigenvalue weighted by Crippen LogP contribution is -2.43. The van der Waals surface area contributed by atoms with Crippen molar-refractivity contribution in [3.05, 3.63) is 17.0 Å². The number of aliphatic hydroxyl groups is 1. The molecule has 0 bridgehead atoms. The van der Waals surface area contributed by atoms with Gasteiger partial charge in [-0.05, 0) is 25.5 Å². The van der Waals surface area contributed by atoms with Crippen molar-refractivity contribution < 1.29 is 18.3 Å². The van der Waals surface area contributed by atoms with Crippen LogP contribution in [-0.4, -0.2) is 39.4 Å². The van der Waals surface area contributed by atoms with Gasteiger partial charge in [0.1, 0.15) is 4.21 Å². The molecule has 0 unspecified atom stereocenters. The molecule has 0 saturated heterocycles. The van der Waals surface area contributed by atoms with E-state index in [4.69, 9.17) is 4.74 Å². The Balaban J connectivity index is 2.71. The van der Waals surface area contributed by atoms with Gasteiger partial charge in [-0.3, -0.25) is 0 Å².